The second kappa shape index (κ2) is 7.41. The normalized spacial score (nSPS) is 12.6. The van der Waals surface area contributed by atoms with Gasteiger partial charge in [-0.05, 0) is 61.9 Å². The monoisotopic (exact) mass is 285 g/mol. The molecule has 21 heavy (non-hydrogen) atoms. The van der Waals surface area contributed by atoms with Crippen LogP contribution < -0.4 is 5.32 Å². The maximum Gasteiger partial charge on any atom is 0.0521 e. The molecule has 1 aromatic carbocycles. The van der Waals surface area contributed by atoms with Crippen LogP contribution >= 0.6 is 0 Å². The Morgan fingerprint density at radius 1 is 1.24 bits per heavy atom. The molecule has 1 unspecified atom stereocenters. The number of hydrogen-bond acceptors (Lipinski definition) is 2. The molecule has 0 radical (unpaired) electrons. The molecule has 1 heterocycles. The minimum Gasteiger partial charge on any atom is -0.310 e. The van der Waals surface area contributed by atoms with E-state index in [-0.39, 0.29) is 0 Å². The Kier molecular flexibility index (Phi) is 5.57. The highest BCUT2D eigenvalue weighted by Gasteiger charge is 2.12. The molecule has 2 rings (SSSR count). The van der Waals surface area contributed by atoms with Crippen LogP contribution in [0.25, 0.3) is 0 Å². The summed E-state index contributed by atoms with van der Waals surface area (Å²) in [6.07, 6.45) is 7.40. The highest BCUT2D eigenvalue weighted by molar-refractivity contribution is 5.31. The van der Waals surface area contributed by atoms with Gasteiger partial charge in [0.05, 0.1) is 6.20 Å². The zero-order valence-electron chi connectivity index (χ0n) is 13.7. The molecular weight excluding hydrogens is 258 g/mol. The predicted octanol–water partition coefficient (Wildman–Crippen LogP) is 3.71. The molecule has 0 saturated heterocycles. The molecule has 0 fully saturated rings. The van der Waals surface area contributed by atoms with Gasteiger partial charge < -0.3 is 5.32 Å². The summed E-state index contributed by atoms with van der Waals surface area (Å²) in [7, 11) is 1.97. The van der Waals surface area contributed by atoms with E-state index in [0.29, 0.717) is 6.04 Å². The molecule has 1 N–H and O–H groups in total. The summed E-state index contributed by atoms with van der Waals surface area (Å²) in [5.74, 6) is 0. The van der Waals surface area contributed by atoms with Crippen LogP contribution in [0, 0.1) is 13.8 Å². The number of hydrogen-bond donors (Lipinski definition) is 1. The third-order valence-electron chi connectivity index (χ3n) is 4.05. The Morgan fingerprint density at radius 3 is 2.67 bits per heavy atom. The van der Waals surface area contributed by atoms with Crippen LogP contribution in [0.5, 0.6) is 0 Å². The lowest BCUT2D eigenvalue weighted by atomic mass is 9.96. The molecule has 0 aliphatic rings. The van der Waals surface area contributed by atoms with E-state index in [1.807, 2.05) is 17.9 Å². The number of benzene rings is 1. The molecule has 0 bridgehead atoms. The van der Waals surface area contributed by atoms with Gasteiger partial charge in [-0.25, -0.2) is 0 Å². The van der Waals surface area contributed by atoms with E-state index in [4.69, 9.17) is 0 Å². The van der Waals surface area contributed by atoms with Gasteiger partial charge in [-0.2, -0.15) is 5.10 Å². The average Bonchev–Trinajstić information content (AvgIpc) is 2.88. The van der Waals surface area contributed by atoms with Crippen LogP contribution in [0.2, 0.25) is 0 Å². The van der Waals surface area contributed by atoms with Gasteiger partial charge in [-0.1, -0.05) is 25.1 Å². The Balaban J connectivity index is 2.07. The zero-order chi connectivity index (χ0) is 15.2. The van der Waals surface area contributed by atoms with Crippen LogP contribution in [0.15, 0.2) is 30.6 Å². The molecule has 2 aromatic rings. The lowest BCUT2D eigenvalue weighted by Crippen LogP contribution is -2.22. The van der Waals surface area contributed by atoms with Crippen molar-refractivity contribution in [2.75, 3.05) is 6.54 Å². The number of rotatable bonds is 7. The SMILES string of the molecule is CCCNC(CCc1cnn(C)c1)c1ccc(C)c(C)c1. The average molecular weight is 285 g/mol. The van der Waals surface area contributed by atoms with Crippen LogP contribution in [0.4, 0.5) is 0 Å². The van der Waals surface area contributed by atoms with Gasteiger partial charge in [-0.15, -0.1) is 0 Å². The molecule has 0 amide bonds. The van der Waals surface area contributed by atoms with E-state index >= 15 is 0 Å². The van der Waals surface area contributed by atoms with Gasteiger partial charge in [0, 0.05) is 19.3 Å². The first-order chi connectivity index (χ1) is 10.1. The van der Waals surface area contributed by atoms with E-state index in [1.54, 1.807) is 0 Å². The van der Waals surface area contributed by atoms with Gasteiger partial charge >= 0.3 is 0 Å². The van der Waals surface area contributed by atoms with E-state index in [9.17, 15) is 0 Å². The van der Waals surface area contributed by atoms with Crippen LogP contribution in [0.3, 0.4) is 0 Å². The molecular formula is C18H27N3. The van der Waals surface area contributed by atoms with Gasteiger partial charge in [-0.3, -0.25) is 4.68 Å². The summed E-state index contributed by atoms with van der Waals surface area (Å²) in [5.41, 5.74) is 5.44. The number of aryl methyl sites for hydroxylation is 4. The maximum atomic E-state index is 4.25. The van der Waals surface area contributed by atoms with Crippen molar-refractivity contribution in [1.29, 1.82) is 0 Å². The van der Waals surface area contributed by atoms with Gasteiger partial charge in [0.1, 0.15) is 0 Å². The Hall–Kier alpha value is -1.61. The third-order valence-corrected chi connectivity index (χ3v) is 4.05. The summed E-state index contributed by atoms with van der Waals surface area (Å²) in [6.45, 7) is 7.64. The van der Waals surface area contributed by atoms with Crippen LogP contribution in [-0.2, 0) is 13.5 Å². The topological polar surface area (TPSA) is 29.9 Å². The molecule has 0 aliphatic carbocycles. The van der Waals surface area contributed by atoms with E-state index in [1.165, 1.54) is 22.3 Å². The number of nitrogens with one attached hydrogen (secondary N) is 1. The van der Waals surface area contributed by atoms with Crippen molar-refractivity contribution in [3.8, 4) is 0 Å². The highest BCUT2D eigenvalue weighted by atomic mass is 15.2. The standard InChI is InChI=1S/C18H27N3/c1-5-10-19-18(9-7-16-12-20-21(4)13-16)17-8-6-14(2)15(3)11-17/h6,8,11-13,18-19H,5,7,9-10H2,1-4H3. The largest absolute Gasteiger partial charge is 0.310 e. The molecule has 1 aromatic heterocycles. The van der Waals surface area contributed by atoms with Crippen molar-refractivity contribution in [3.63, 3.8) is 0 Å². The highest BCUT2D eigenvalue weighted by Crippen LogP contribution is 2.22. The Labute approximate surface area is 128 Å². The third kappa shape index (κ3) is 4.43. The zero-order valence-corrected chi connectivity index (χ0v) is 13.7. The molecule has 3 nitrogen and oxygen atoms in total. The summed E-state index contributed by atoms with van der Waals surface area (Å²) in [4.78, 5) is 0. The number of nitrogens with zero attached hydrogens (tertiary/aromatic N) is 2. The fraction of sp³-hybridized carbons (Fsp3) is 0.500. The van der Waals surface area contributed by atoms with Crippen molar-refractivity contribution in [2.45, 2.75) is 46.1 Å². The molecule has 3 heteroatoms. The lowest BCUT2D eigenvalue weighted by Gasteiger charge is -2.20. The summed E-state index contributed by atoms with van der Waals surface area (Å²) in [6, 6.07) is 7.24. The minimum absolute atomic E-state index is 0.421. The first-order valence-corrected chi connectivity index (χ1v) is 7.88. The van der Waals surface area contributed by atoms with Gasteiger partial charge in [0.25, 0.3) is 0 Å². The van der Waals surface area contributed by atoms with Crippen molar-refractivity contribution in [3.05, 3.63) is 52.8 Å². The summed E-state index contributed by atoms with van der Waals surface area (Å²) in [5, 5.41) is 7.93. The first-order valence-electron chi connectivity index (χ1n) is 7.88. The molecule has 0 saturated carbocycles. The molecule has 114 valence electrons. The Bertz CT molecular complexity index is 572. The van der Waals surface area contributed by atoms with Gasteiger partial charge in [0.15, 0.2) is 0 Å². The van der Waals surface area contributed by atoms with Crippen LogP contribution in [0.1, 0.15) is 48.1 Å². The van der Waals surface area contributed by atoms with Crippen molar-refractivity contribution >= 4 is 0 Å². The predicted molar refractivity (Wildman–Crippen MR) is 88.5 cm³/mol. The van der Waals surface area contributed by atoms with E-state index in [0.717, 1.165) is 25.8 Å². The molecule has 1 atom stereocenters. The second-order valence-corrected chi connectivity index (χ2v) is 5.91. The lowest BCUT2D eigenvalue weighted by molar-refractivity contribution is 0.499. The maximum absolute atomic E-state index is 4.25. The summed E-state index contributed by atoms with van der Waals surface area (Å²) < 4.78 is 1.87. The van der Waals surface area contributed by atoms with E-state index < -0.39 is 0 Å². The van der Waals surface area contributed by atoms with E-state index in [2.05, 4.69) is 55.6 Å². The second-order valence-electron chi connectivity index (χ2n) is 5.91. The van der Waals surface area contributed by atoms with Crippen LogP contribution in [-0.4, -0.2) is 16.3 Å². The van der Waals surface area contributed by atoms with Crippen molar-refractivity contribution in [2.24, 2.45) is 7.05 Å². The minimum atomic E-state index is 0.421. The van der Waals surface area contributed by atoms with Gasteiger partial charge in [0.2, 0.25) is 0 Å². The first kappa shape index (κ1) is 15.8. The Morgan fingerprint density at radius 2 is 2.05 bits per heavy atom. The molecule has 0 spiro atoms. The van der Waals surface area contributed by atoms with Crippen molar-refractivity contribution in [1.82, 2.24) is 15.1 Å². The number of aromatic nitrogens is 2. The fourth-order valence-electron chi connectivity index (χ4n) is 2.60. The molecule has 0 aliphatic heterocycles. The fourth-order valence-corrected chi connectivity index (χ4v) is 2.60. The summed E-state index contributed by atoms with van der Waals surface area (Å²) >= 11 is 0. The quantitative estimate of drug-likeness (QED) is 0.840. The van der Waals surface area contributed by atoms with Crippen molar-refractivity contribution < 1.29 is 0 Å². The smallest absolute Gasteiger partial charge is 0.0521 e.